The number of hydrogen-bond acceptors (Lipinski definition) is 4. The zero-order chi connectivity index (χ0) is 20.4. The first-order chi connectivity index (χ1) is 14.8. The average molecular weight is 395 g/mol. The Labute approximate surface area is 175 Å². The van der Waals surface area contributed by atoms with Gasteiger partial charge in [-0.1, -0.05) is 24.3 Å². The smallest absolute Gasteiger partial charge is 0.305 e. The van der Waals surface area contributed by atoms with Crippen LogP contribution in [-0.4, -0.2) is 7.11 Å². The van der Waals surface area contributed by atoms with Crippen molar-refractivity contribution < 1.29 is 18.9 Å². The number of methoxy groups -OCH3 is 1. The topological polar surface area (TPSA) is 36.9 Å². The minimum Gasteiger partial charge on any atom is -0.497 e. The number of ether oxygens (including phenoxy) is 4. The lowest BCUT2D eigenvalue weighted by molar-refractivity contribution is -0.0459. The van der Waals surface area contributed by atoms with Crippen molar-refractivity contribution in [3.05, 3.63) is 114 Å². The molecule has 0 fully saturated rings. The van der Waals surface area contributed by atoms with Crippen molar-refractivity contribution in [3.63, 3.8) is 0 Å². The van der Waals surface area contributed by atoms with Gasteiger partial charge < -0.3 is 18.9 Å². The molecule has 0 saturated carbocycles. The molecule has 0 amide bonds. The molecule has 1 atom stereocenters. The van der Waals surface area contributed by atoms with E-state index in [0.717, 1.165) is 28.4 Å². The minimum atomic E-state index is -1.10. The van der Waals surface area contributed by atoms with Crippen molar-refractivity contribution in [2.75, 3.05) is 7.11 Å². The third-order valence-corrected chi connectivity index (χ3v) is 4.98. The Morgan fingerprint density at radius 3 is 1.90 bits per heavy atom. The van der Waals surface area contributed by atoms with Gasteiger partial charge in [-0.05, 0) is 78.9 Å². The zero-order valence-corrected chi connectivity index (χ0v) is 16.4. The fourth-order valence-corrected chi connectivity index (χ4v) is 3.48. The van der Waals surface area contributed by atoms with Crippen LogP contribution in [0.25, 0.3) is 0 Å². The molecule has 4 nitrogen and oxygen atoms in total. The monoisotopic (exact) mass is 395 g/mol. The van der Waals surface area contributed by atoms with Crippen LogP contribution in [0, 0.1) is 6.07 Å². The van der Waals surface area contributed by atoms with Gasteiger partial charge in [-0.15, -0.1) is 0 Å². The first-order valence-corrected chi connectivity index (χ1v) is 9.63. The summed E-state index contributed by atoms with van der Waals surface area (Å²) in [5, 5.41) is 0. The van der Waals surface area contributed by atoms with Gasteiger partial charge in [-0.2, -0.15) is 0 Å². The second kappa shape index (κ2) is 7.48. The molecule has 147 valence electrons. The summed E-state index contributed by atoms with van der Waals surface area (Å²) < 4.78 is 24.0. The third-order valence-electron chi connectivity index (χ3n) is 4.98. The molecule has 0 N–H and O–H groups in total. The Bertz CT molecular complexity index is 1110. The SMILES string of the molecule is COc1ccc(C2(c3ccc(Oc4ccccc4)cc3)Oc3c[c]ccc3O2)cc1. The molecule has 1 aliphatic rings. The number of benzene rings is 4. The molecule has 0 bridgehead atoms. The van der Waals surface area contributed by atoms with Crippen molar-refractivity contribution in [2.45, 2.75) is 5.79 Å². The van der Waals surface area contributed by atoms with Crippen LogP contribution in [0.2, 0.25) is 0 Å². The standard InChI is InChI=1S/C26H19O4/c1-27-21-15-11-19(12-16-21)26(29-24-9-5-6-10-25(24)30-26)20-13-17-23(18-14-20)28-22-7-3-2-4-8-22/h2-5,7-18H,1H3. The van der Waals surface area contributed by atoms with E-state index in [9.17, 15) is 0 Å². The second-order valence-electron chi connectivity index (χ2n) is 6.86. The van der Waals surface area contributed by atoms with Crippen LogP contribution in [0.15, 0.2) is 97.1 Å². The van der Waals surface area contributed by atoms with Crippen molar-refractivity contribution in [1.82, 2.24) is 0 Å². The lowest BCUT2D eigenvalue weighted by Crippen LogP contribution is -2.36. The summed E-state index contributed by atoms with van der Waals surface area (Å²) in [4.78, 5) is 0. The van der Waals surface area contributed by atoms with E-state index in [-0.39, 0.29) is 0 Å². The molecule has 1 unspecified atom stereocenters. The molecular weight excluding hydrogens is 376 g/mol. The Balaban J connectivity index is 1.52. The lowest BCUT2D eigenvalue weighted by Gasteiger charge is -2.29. The molecule has 0 aromatic heterocycles. The number of fused-ring (bicyclic) bond motifs is 1. The molecule has 0 aliphatic carbocycles. The van der Waals surface area contributed by atoms with Gasteiger partial charge in [-0.3, -0.25) is 0 Å². The normalized spacial score (nSPS) is 13.6. The van der Waals surface area contributed by atoms with Crippen molar-refractivity contribution in [2.24, 2.45) is 0 Å². The van der Waals surface area contributed by atoms with E-state index in [0.29, 0.717) is 11.5 Å². The molecule has 1 radical (unpaired) electrons. The molecule has 4 heteroatoms. The molecular formula is C26H19O4. The Kier molecular flexibility index (Phi) is 4.52. The van der Waals surface area contributed by atoms with Crippen molar-refractivity contribution >= 4 is 0 Å². The van der Waals surface area contributed by atoms with Crippen molar-refractivity contribution in [3.8, 4) is 28.7 Å². The van der Waals surface area contributed by atoms with E-state index in [1.54, 1.807) is 13.2 Å². The largest absolute Gasteiger partial charge is 0.497 e. The minimum absolute atomic E-state index is 0.651. The van der Waals surface area contributed by atoms with Crippen LogP contribution in [-0.2, 0) is 5.79 Å². The maximum absolute atomic E-state index is 6.37. The third kappa shape index (κ3) is 3.22. The summed E-state index contributed by atoms with van der Waals surface area (Å²) in [6.07, 6.45) is 0. The van der Waals surface area contributed by atoms with Crippen LogP contribution in [0.4, 0.5) is 0 Å². The summed E-state index contributed by atoms with van der Waals surface area (Å²) in [6.45, 7) is 0. The van der Waals surface area contributed by atoms with Crippen LogP contribution in [0.3, 0.4) is 0 Å². The van der Waals surface area contributed by atoms with Crippen LogP contribution >= 0.6 is 0 Å². The Morgan fingerprint density at radius 1 is 0.667 bits per heavy atom. The highest BCUT2D eigenvalue weighted by Gasteiger charge is 2.45. The van der Waals surface area contributed by atoms with E-state index in [4.69, 9.17) is 18.9 Å². The highest BCUT2D eigenvalue weighted by atomic mass is 16.7. The lowest BCUT2D eigenvalue weighted by atomic mass is 9.97. The molecule has 0 saturated heterocycles. The Hall–Kier alpha value is -3.92. The summed E-state index contributed by atoms with van der Waals surface area (Å²) >= 11 is 0. The number of para-hydroxylation sites is 1. The van der Waals surface area contributed by atoms with Gasteiger partial charge in [0.1, 0.15) is 17.2 Å². The van der Waals surface area contributed by atoms with Crippen LogP contribution in [0.1, 0.15) is 11.1 Å². The first kappa shape index (κ1) is 18.1. The molecule has 0 spiro atoms. The highest BCUT2D eigenvalue weighted by Crippen LogP contribution is 2.47. The average Bonchev–Trinajstić information content (AvgIpc) is 3.21. The molecule has 5 rings (SSSR count). The molecule has 4 aromatic rings. The van der Waals surface area contributed by atoms with E-state index in [2.05, 4.69) is 6.07 Å². The summed E-state index contributed by atoms with van der Waals surface area (Å²) in [5.74, 6) is 2.51. The second-order valence-corrected chi connectivity index (χ2v) is 6.86. The molecule has 1 aliphatic heterocycles. The van der Waals surface area contributed by atoms with Gasteiger partial charge in [0.2, 0.25) is 0 Å². The number of rotatable bonds is 5. The summed E-state index contributed by atoms with van der Waals surface area (Å²) in [7, 11) is 1.64. The fraction of sp³-hybridized carbons (Fsp3) is 0.0769. The van der Waals surface area contributed by atoms with Gasteiger partial charge in [0.25, 0.3) is 0 Å². The molecule has 1 heterocycles. The Morgan fingerprint density at radius 2 is 1.27 bits per heavy atom. The van der Waals surface area contributed by atoms with Crippen molar-refractivity contribution in [1.29, 1.82) is 0 Å². The maximum Gasteiger partial charge on any atom is 0.305 e. The van der Waals surface area contributed by atoms with Gasteiger partial charge in [0.15, 0.2) is 11.5 Å². The van der Waals surface area contributed by atoms with Gasteiger partial charge in [-0.25, -0.2) is 0 Å². The summed E-state index contributed by atoms with van der Waals surface area (Å²) in [5.41, 5.74) is 1.71. The zero-order valence-electron chi connectivity index (χ0n) is 16.4. The van der Waals surface area contributed by atoms with E-state index >= 15 is 0 Å². The van der Waals surface area contributed by atoms with E-state index in [1.807, 2.05) is 91.0 Å². The van der Waals surface area contributed by atoms with E-state index < -0.39 is 5.79 Å². The molecule has 4 aromatic carbocycles. The predicted octanol–water partition coefficient (Wildman–Crippen LogP) is 5.96. The predicted molar refractivity (Wildman–Crippen MR) is 113 cm³/mol. The van der Waals surface area contributed by atoms with Gasteiger partial charge >= 0.3 is 5.79 Å². The first-order valence-electron chi connectivity index (χ1n) is 9.63. The highest BCUT2D eigenvalue weighted by molar-refractivity contribution is 5.50. The summed E-state index contributed by atoms with van der Waals surface area (Å²) in [6, 6.07) is 33.6. The molecule has 30 heavy (non-hydrogen) atoms. The quantitative estimate of drug-likeness (QED) is 0.418. The number of hydrogen-bond donors (Lipinski definition) is 0. The van der Waals surface area contributed by atoms with Crippen LogP contribution < -0.4 is 18.9 Å². The fourth-order valence-electron chi connectivity index (χ4n) is 3.48. The van der Waals surface area contributed by atoms with Gasteiger partial charge in [0, 0.05) is 11.1 Å². The van der Waals surface area contributed by atoms with E-state index in [1.165, 1.54) is 0 Å². The maximum atomic E-state index is 6.37. The van der Waals surface area contributed by atoms with Gasteiger partial charge in [0.05, 0.1) is 7.11 Å². The van der Waals surface area contributed by atoms with Crippen LogP contribution in [0.5, 0.6) is 28.7 Å².